The van der Waals surface area contributed by atoms with Crippen LogP contribution in [0.25, 0.3) is 0 Å². The third-order valence-corrected chi connectivity index (χ3v) is 3.22. The van der Waals surface area contributed by atoms with E-state index in [1.54, 1.807) is 33.1 Å². The van der Waals surface area contributed by atoms with Gasteiger partial charge >= 0.3 is 5.97 Å². The number of aliphatic carboxylic acids is 1. The molecule has 0 aliphatic heterocycles. The Labute approximate surface area is 129 Å². The van der Waals surface area contributed by atoms with Crippen molar-refractivity contribution in [2.75, 3.05) is 7.11 Å². The second-order valence-corrected chi connectivity index (χ2v) is 5.88. The molecule has 21 heavy (non-hydrogen) atoms. The second kappa shape index (κ2) is 7.31. The van der Waals surface area contributed by atoms with Crippen LogP contribution in [0.5, 0.6) is 5.75 Å². The highest BCUT2D eigenvalue weighted by molar-refractivity contribution is 6.32. The highest BCUT2D eigenvalue weighted by atomic mass is 35.5. The van der Waals surface area contributed by atoms with Crippen LogP contribution in [0.3, 0.4) is 0 Å². The highest BCUT2D eigenvalue weighted by Gasteiger charge is 2.23. The Morgan fingerprint density at radius 1 is 1.38 bits per heavy atom. The van der Waals surface area contributed by atoms with E-state index in [2.05, 4.69) is 5.32 Å². The van der Waals surface area contributed by atoms with Crippen LogP contribution in [0.15, 0.2) is 18.2 Å². The maximum Gasteiger partial charge on any atom is 0.305 e. The highest BCUT2D eigenvalue weighted by Crippen LogP contribution is 2.25. The van der Waals surface area contributed by atoms with Crippen molar-refractivity contribution >= 4 is 23.5 Å². The molecule has 1 aromatic rings. The predicted octanol–water partition coefficient (Wildman–Crippen LogP) is 2.65. The van der Waals surface area contributed by atoms with Crippen LogP contribution in [-0.2, 0) is 16.0 Å². The molecule has 2 N–H and O–H groups in total. The van der Waals surface area contributed by atoms with E-state index in [1.807, 2.05) is 6.07 Å². The molecule has 0 radical (unpaired) electrons. The predicted molar refractivity (Wildman–Crippen MR) is 80.8 cm³/mol. The second-order valence-electron chi connectivity index (χ2n) is 5.47. The van der Waals surface area contributed by atoms with Crippen LogP contribution in [0.1, 0.15) is 32.3 Å². The first-order valence-electron chi connectivity index (χ1n) is 6.59. The van der Waals surface area contributed by atoms with Gasteiger partial charge in [-0.3, -0.25) is 9.59 Å². The van der Waals surface area contributed by atoms with Gasteiger partial charge in [0, 0.05) is 12.0 Å². The number of carboxylic acid groups (broad SMARTS) is 1. The molecule has 0 spiro atoms. The average molecular weight is 314 g/mol. The lowest BCUT2D eigenvalue weighted by Crippen LogP contribution is -2.45. The van der Waals surface area contributed by atoms with Gasteiger partial charge in [-0.2, -0.15) is 0 Å². The van der Waals surface area contributed by atoms with Gasteiger partial charge in [-0.1, -0.05) is 17.7 Å². The Balaban J connectivity index is 2.53. The Morgan fingerprint density at radius 3 is 2.57 bits per heavy atom. The minimum absolute atomic E-state index is 0.118. The standard InChI is InChI=1S/C15H20ClNO4/c1-15(2,9-14(19)20)17-13(18)7-5-10-4-6-12(21-3)11(16)8-10/h4,6,8H,5,7,9H2,1-3H3,(H,17,18)(H,19,20). The number of carboxylic acids is 1. The van der Waals surface area contributed by atoms with Gasteiger partial charge in [0.2, 0.25) is 5.91 Å². The lowest BCUT2D eigenvalue weighted by molar-refractivity contribution is -0.138. The van der Waals surface area contributed by atoms with Gasteiger partial charge in [0.25, 0.3) is 0 Å². The number of amides is 1. The van der Waals surface area contributed by atoms with E-state index in [-0.39, 0.29) is 18.7 Å². The summed E-state index contributed by atoms with van der Waals surface area (Å²) < 4.78 is 5.06. The number of hydrogen-bond acceptors (Lipinski definition) is 3. The maximum absolute atomic E-state index is 11.9. The Morgan fingerprint density at radius 2 is 2.05 bits per heavy atom. The third kappa shape index (κ3) is 6.04. The van der Waals surface area contributed by atoms with Crippen LogP contribution >= 0.6 is 11.6 Å². The van der Waals surface area contributed by atoms with Crippen molar-refractivity contribution < 1.29 is 19.4 Å². The van der Waals surface area contributed by atoms with Crippen molar-refractivity contribution in [2.45, 2.75) is 38.6 Å². The summed E-state index contributed by atoms with van der Waals surface area (Å²) in [5.41, 5.74) is 0.160. The fourth-order valence-electron chi connectivity index (χ4n) is 1.99. The minimum atomic E-state index is -0.942. The van der Waals surface area contributed by atoms with Crippen LogP contribution in [0.2, 0.25) is 5.02 Å². The van der Waals surface area contributed by atoms with Gasteiger partial charge in [0.05, 0.1) is 18.6 Å². The summed E-state index contributed by atoms with van der Waals surface area (Å²) in [6.45, 7) is 3.37. The van der Waals surface area contributed by atoms with Crippen molar-refractivity contribution in [2.24, 2.45) is 0 Å². The molecule has 1 amide bonds. The zero-order valence-corrected chi connectivity index (χ0v) is 13.2. The summed E-state index contributed by atoms with van der Waals surface area (Å²) >= 11 is 6.02. The molecule has 0 aromatic heterocycles. The van der Waals surface area contributed by atoms with Gasteiger partial charge < -0.3 is 15.2 Å². The molecule has 0 fully saturated rings. The number of benzene rings is 1. The van der Waals surface area contributed by atoms with Crippen molar-refractivity contribution in [3.63, 3.8) is 0 Å². The van der Waals surface area contributed by atoms with E-state index in [1.165, 1.54) is 0 Å². The van der Waals surface area contributed by atoms with Crippen molar-refractivity contribution in [1.82, 2.24) is 5.32 Å². The fourth-order valence-corrected chi connectivity index (χ4v) is 2.27. The lowest BCUT2D eigenvalue weighted by Gasteiger charge is -2.24. The minimum Gasteiger partial charge on any atom is -0.495 e. The summed E-state index contributed by atoms with van der Waals surface area (Å²) in [6.07, 6.45) is 0.678. The first kappa shape index (κ1) is 17.3. The monoisotopic (exact) mass is 313 g/mol. The first-order chi connectivity index (χ1) is 9.73. The molecule has 0 saturated heterocycles. The van der Waals surface area contributed by atoms with Gasteiger partial charge in [-0.25, -0.2) is 0 Å². The van der Waals surface area contributed by atoms with Gasteiger partial charge in [-0.15, -0.1) is 0 Å². The Kier molecular flexibility index (Phi) is 6.03. The van der Waals surface area contributed by atoms with E-state index >= 15 is 0 Å². The van der Waals surface area contributed by atoms with Gasteiger partial charge in [-0.05, 0) is 38.0 Å². The molecule has 0 heterocycles. The number of carbonyl (C=O) groups excluding carboxylic acids is 1. The zero-order valence-electron chi connectivity index (χ0n) is 12.4. The maximum atomic E-state index is 11.9. The van der Waals surface area contributed by atoms with Crippen molar-refractivity contribution in [1.29, 1.82) is 0 Å². The van der Waals surface area contributed by atoms with E-state index in [4.69, 9.17) is 21.4 Å². The van der Waals surface area contributed by atoms with Gasteiger partial charge in [0.15, 0.2) is 0 Å². The number of halogens is 1. The van der Waals surface area contributed by atoms with E-state index in [9.17, 15) is 9.59 Å². The summed E-state index contributed by atoms with van der Waals surface area (Å²) in [4.78, 5) is 22.6. The van der Waals surface area contributed by atoms with Crippen molar-refractivity contribution in [3.8, 4) is 5.75 Å². The summed E-state index contributed by atoms with van der Waals surface area (Å²) in [6, 6.07) is 5.36. The molecule has 1 rings (SSSR count). The molecule has 0 unspecified atom stereocenters. The van der Waals surface area contributed by atoms with Gasteiger partial charge in [0.1, 0.15) is 5.75 Å². The lowest BCUT2D eigenvalue weighted by atomic mass is 10.00. The molecule has 0 saturated carbocycles. The zero-order chi connectivity index (χ0) is 16.0. The fraction of sp³-hybridized carbons (Fsp3) is 0.467. The number of hydrogen-bond donors (Lipinski definition) is 2. The Bertz CT molecular complexity index is 528. The molecule has 116 valence electrons. The van der Waals surface area contributed by atoms with Crippen LogP contribution in [0.4, 0.5) is 0 Å². The molecular weight excluding hydrogens is 294 g/mol. The Hall–Kier alpha value is -1.75. The SMILES string of the molecule is COc1ccc(CCC(=O)NC(C)(C)CC(=O)O)cc1Cl. The molecule has 0 aliphatic carbocycles. The van der Waals surface area contributed by atoms with Crippen molar-refractivity contribution in [3.05, 3.63) is 28.8 Å². The van der Waals surface area contributed by atoms with E-state index < -0.39 is 11.5 Å². The molecule has 0 atom stereocenters. The molecule has 0 aliphatic rings. The number of methoxy groups -OCH3 is 1. The summed E-state index contributed by atoms with van der Waals surface area (Å²) in [5.74, 6) is -0.539. The number of aryl methyl sites for hydroxylation is 1. The number of nitrogens with one attached hydrogen (secondary N) is 1. The summed E-state index contributed by atoms with van der Waals surface area (Å²) in [5, 5.41) is 12.0. The quantitative estimate of drug-likeness (QED) is 0.811. The normalized spacial score (nSPS) is 11.0. The molecule has 6 heteroatoms. The largest absolute Gasteiger partial charge is 0.495 e. The van der Waals surface area contributed by atoms with E-state index in [0.29, 0.717) is 17.2 Å². The van der Waals surface area contributed by atoms with Crippen LogP contribution < -0.4 is 10.1 Å². The smallest absolute Gasteiger partial charge is 0.305 e. The van der Waals surface area contributed by atoms with Crippen LogP contribution in [-0.4, -0.2) is 29.6 Å². The summed E-state index contributed by atoms with van der Waals surface area (Å²) in [7, 11) is 1.54. The molecule has 1 aromatic carbocycles. The molecule has 0 bridgehead atoms. The van der Waals surface area contributed by atoms with Crippen LogP contribution in [0, 0.1) is 0 Å². The van der Waals surface area contributed by atoms with E-state index in [0.717, 1.165) is 5.56 Å². The third-order valence-electron chi connectivity index (χ3n) is 2.93. The number of carbonyl (C=O) groups is 2. The first-order valence-corrected chi connectivity index (χ1v) is 6.96. The topological polar surface area (TPSA) is 75.6 Å². The average Bonchev–Trinajstić information content (AvgIpc) is 2.34. The number of rotatable bonds is 7. The molecule has 5 nitrogen and oxygen atoms in total. The molecular formula is C15H20ClNO4. The number of ether oxygens (including phenoxy) is 1.